The zero-order valence-electron chi connectivity index (χ0n) is 13.8. The van der Waals surface area contributed by atoms with E-state index < -0.39 is 11.6 Å². The molecular weight excluding hydrogens is 322 g/mol. The first-order valence-electron chi connectivity index (χ1n) is 8.51. The summed E-state index contributed by atoms with van der Waals surface area (Å²) in [4.78, 5) is 6.91. The zero-order valence-corrected chi connectivity index (χ0v) is 13.8. The summed E-state index contributed by atoms with van der Waals surface area (Å²) >= 11 is 0. The monoisotopic (exact) mass is 342 g/mol. The van der Waals surface area contributed by atoms with Crippen molar-refractivity contribution in [3.63, 3.8) is 0 Å². The molecule has 1 aliphatic rings. The topological polar surface area (TPSA) is 47.1 Å². The number of aromatic nitrogens is 2. The Morgan fingerprint density at radius 1 is 1.16 bits per heavy atom. The maximum atomic E-state index is 14.2. The van der Waals surface area contributed by atoms with Crippen LogP contribution < -0.4 is 10.6 Å². The summed E-state index contributed by atoms with van der Waals surface area (Å²) in [5.74, 6) is -0.321. The van der Waals surface area contributed by atoms with Crippen molar-refractivity contribution in [3.8, 4) is 0 Å². The fourth-order valence-corrected chi connectivity index (χ4v) is 3.47. The Labute approximate surface area is 144 Å². The van der Waals surface area contributed by atoms with E-state index in [1.165, 1.54) is 12.1 Å². The van der Waals surface area contributed by atoms with Crippen LogP contribution in [0.2, 0.25) is 0 Å². The minimum Gasteiger partial charge on any atom is -0.341 e. The number of benzene rings is 2. The van der Waals surface area contributed by atoms with Gasteiger partial charge in [-0.3, -0.25) is 0 Å². The van der Waals surface area contributed by atoms with Gasteiger partial charge >= 0.3 is 0 Å². The number of nitrogens with two attached hydrogens (primary N) is 1. The highest BCUT2D eigenvalue weighted by molar-refractivity contribution is 5.79. The van der Waals surface area contributed by atoms with Crippen molar-refractivity contribution in [3.05, 3.63) is 59.7 Å². The van der Waals surface area contributed by atoms with Crippen LogP contribution in [0.4, 0.5) is 14.7 Å². The lowest BCUT2D eigenvalue weighted by atomic mass is 10.1. The minimum atomic E-state index is -0.570. The lowest BCUT2D eigenvalue weighted by Gasteiger charge is -2.32. The van der Waals surface area contributed by atoms with E-state index in [9.17, 15) is 8.78 Å². The van der Waals surface area contributed by atoms with E-state index in [0.717, 1.165) is 49.0 Å². The lowest BCUT2D eigenvalue weighted by molar-refractivity contribution is 0.494. The van der Waals surface area contributed by atoms with Gasteiger partial charge in [0.2, 0.25) is 5.95 Å². The molecule has 1 atom stereocenters. The Morgan fingerprint density at radius 2 is 2.00 bits per heavy atom. The van der Waals surface area contributed by atoms with Gasteiger partial charge in [0.05, 0.1) is 17.6 Å². The molecule has 1 aromatic heterocycles. The highest BCUT2D eigenvalue weighted by Gasteiger charge is 2.23. The molecule has 1 fully saturated rings. The molecule has 0 aliphatic carbocycles. The predicted octanol–water partition coefficient (Wildman–Crippen LogP) is 3.29. The normalized spacial score (nSPS) is 18.0. The average molecular weight is 342 g/mol. The lowest BCUT2D eigenvalue weighted by Crippen LogP contribution is -2.44. The Kier molecular flexibility index (Phi) is 4.13. The number of piperidine rings is 1. The quantitative estimate of drug-likeness (QED) is 0.794. The number of imidazole rings is 1. The van der Waals surface area contributed by atoms with E-state index in [0.29, 0.717) is 12.1 Å². The molecule has 0 saturated carbocycles. The van der Waals surface area contributed by atoms with Gasteiger partial charge in [-0.05, 0) is 31.0 Å². The first kappa shape index (κ1) is 16.0. The van der Waals surface area contributed by atoms with E-state index in [4.69, 9.17) is 10.7 Å². The van der Waals surface area contributed by atoms with Gasteiger partial charge in [0.15, 0.2) is 0 Å². The van der Waals surface area contributed by atoms with Crippen molar-refractivity contribution in [2.24, 2.45) is 5.73 Å². The second-order valence-corrected chi connectivity index (χ2v) is 6.57. The van der Waals surface area contributed by atoms with Gasteiger partial charge in [-0.1, -0.05) is 18.2 Å². The second kappa shape index (κ2) is 6.44. The number of para-hydroxylation sites is 2. The molecule has 0 radical (unpaired) electrons. The number of halogens is 2. The molecule has 3 aromatic rings. The molecule has 0 unspecified atom stereocenters. The first-order valence-corrected chi connectivity index (χ1v) is 8.51. The van der Waals surface area contributed by atoms with E-state index in [2.05, 4.69) is 4.90 Å². The van der Waals surface area contributed by atoms with E-state index in [-0.39, 0.29) is 6.04 Å². The van der Waals surface area contributed by atoms with Crippen LogP contribution in [0.5, 0.6) is 0 Å². The highest BCUT2D eigenvalue weighted by Crippen LogP contribution is 2.26. The number of hydrogen-bond acceptors (Lipinski definition) is 3. The van der Waals surface area contributed by atoms with Gasteiger partial charge in [-0.2, -0.15) is 0 Å². The molecule has 2 heterocycles. The fraction of sp³-hybridized carbons (Fsp3) is 0.316. The fourth-order valence-electron chi connectivity index (χ4n) is 3.47. The molecule has 1 aliphatic heterocycles. The molecule has 130 valence electrons. The largest absolute Gasteiger partial charge is 0.341 e. The Balaban J connectivity index is 1.79. The molecular formula is C19H20F2N4. The van der Waals surface area contributed by atoms with Crippen molar-refractivity contribution in [2.45, 2.75) is 25.4 Å². The van der Waals surface area contributed by atoms with Crippen molar-refractivity contribution >= 4 is 17.0 Å². The molecule has 6 heteroatoms. The van der Waals surface area contributed by atoms with Crippen LogP contribution in [0.25, 0.3) is 11.0 Å². The van der Waals surface area contributed by atoms with Crippen molar-refractivity contribution < 1.29 is 8.78 Å². The van der Waals surface area contributed by atoms with Crippen LogP contribution in [0.1, 0.15) is 18.4 Å². The molecule has 2 N–H and O–H groups in total. The maximum absolute atomic E-state index is 14.2. The Morgan fingerprint density at radius 3 is 2.80 bits per heavy atom. The van der Waals surface area contributed by atoms with Crippen molar-refractivity contribution in [1.82, 2.24) is 9.55 Å². The summed E-state index contributed by atoms with van der Waals surface area (Å²) in [5, 5.41) is 0. The zero-order chi connectivity index (χ0) is 17.4. The van der Waals surface area contributed by atoms with E-state index in [1.54, 1.807) is 0 Å². The number of anilines is 1. The van der Waals surface area contributed by atoms with Gasteiger partial charge in [-0.15, -0.1) is 0 Å². The summed E-state index contributed by atoms with van der Waals surface area (Å²) in [5.41, 5.74) is 8.35. The third kappa shape index (κ3) is 3.09. The highest BCUT2D eigenvalue weighted by atomic mass is 19.1. The average Bonchev–Trinajstić information content (AvgIpc) is 2.96. The molecule has 25 heavy (non-hydrogen) atoms. The number of nitrogens with zero attached hydrogens (tertiary/aromatic N) is 3. The van der Waals surface area contributed by atoms with Gasteiger partial charge in [0.1, 0.15) is 11.6 Å². The van der Waals surface area contributed by atoms with Crippen LogP contribution >= 0.6 is 0 Å². The third-order valence-electron chi connectivity index (χ3n) is 4.72. The van der Waals surface area contributed by atoms with Gasteiger partial charge in [0, 0.05) is 30.8 Å². The van der Waals surface area contributed by atoms with Crippen LogP contribution in [0.3, 0.4) is 0 Å². The number of hydrogen-bond donors (Lipinski definition) is 1. The molecule has 0 spiro atoms. The minimum absolute atomic E-state index is 0.115. The molecule has 4 nitrogen and oxygen atoms in total. The number of fused-ring (bicyclic) bond motifs is 1. The maximum Gasteiger partial charge on any atom is 0.206 e. The summed E-state index contributed by atoms with van der Waals surface area (Å²) in [6.07, 6.45) is 2.01. The SMILES string of the molecule is N[C@@H]1CCCN(c2nc3ccccc3n2Cc2ccc(F)cc2F)C1. The van der Waals surface area contributed by atoms with Crippen LogP contribution in [-0.2, 0) is 6.54 Å². The Hall–Kier alpha value is -2.47. The summed E-state index contributed by atoms with van der Waals surface area (Å²) in [6, 6.07) is 11.6. The van der Waals surface area contributed by atoms with Crippen LogP contribution in [-0.4, -0.2) is 28.7 Å². The van der Waals surface area contributed by atoms with Crippen molar-refractivity contribution in [2.75, 3.05) is 18.0 Å². The molecule has 2 aromatic carbocycles. The van der Waals surface area contributed by atoms with Crippen LogP contribution in [0, 0.1) is 11.6 Å². The summed E-state index contributed by atoms with van der Waals surface area (Å²) in [6.45, 7) is 1.91. The van der Waals surface area contributed by atoms with E-state index >= 15 is 0 Å². The van der Waals surface area contributed by atoms with Gasteiger partial charge < -0.3 is 15.2 Å². The Bertz CT molecular complexity index is 906. The van der Waals surface area contributed by atoms with Crippen molar-refractivity contribution in [1.29, 1.82) is 0 Å². The standard InChI is InChI=1S/C19H20F2N4/c20-14-8-7-13(16(21)10-14)11-25-18-6-2-1-5-17(18)23-19(25)24-9-3-4-15(22)12-24/h1-2,5-8,10,15H,3-4,9,11-12,22H2/t15-/m1/s1. The first-order chi connectivity index (χ1) is 12.1. The predicted molar refractivity (Wildman–Crippen MR) is 94.6 cm³/mol. The van der Waals surface area contributed by atoms with Gasteiger partial charge in [-0.25, -0.2) is 13.8 Å². The van der Waals surface area contributed by atoms with E-state index in [1.807, 2.05) is 28.8 Å². The molecule has 1 saturated heterocycles. The molecule has 0 amide bonds. The molecule has 4 rings (SSSR count). The summed E-state index contributed by atoms with van der Waals surface area (Å²) in [7, 11) is 0. The molecule has 0 bridgehead atoms. The summed E-state index contributed by atoms with van der Waals surface area (Å²) < 4.78 is 29.4. The van der Waals surface area contributed by atoms with Gasteiger partial charge in [0.25, 0.3) is 0 Å². The number of rotatable bonds is 3. The second-order valence-electron chi connectivity index (χ2n) is 6.57. The smallest absolute Gasteiger partial charge is 0.206 e. The van der Waals surface area contributed by atoms with Crippen LogP contribution in [0.15, 0.2) is 42.5 Å². The third-order valence-corrected chi connectivity index (χ3v) is 4.72.